The number of carbonyl (C=O) groups is 3. The molecule has 1 unspecified atom stereocenters. The van der Waals surface area contributed by atoms with Gasteiger partial charge in [0.1, 0.15) is 18.1 Å². The number of nitrogens with zero attached hydrogens (tertiary/aromatic N) is 2. The fraction of sp³-hybridized carbons (Fsp3) is 0.371. The molecule has 2 heterocycles. The Bertz CT molecular complexity index is 1640. The molecule has 2 fully saturated rings. The summed E-state index contributed by atoms with van der Waals surface area (Å²) in [5.41, 5.74) is 4.41. The van der Waals surface area contributed by atoms with Gasteiger partial charge in [0.05, 0.1) is 22.9 Å². The highest BCUT2D eigenvalue weighted by atomic mass is 16.4. The van der Waals surface area contributed by atoms with E-state index in [0.29, 0.717) is 22.9 Å². The zero-order valence-corrected chi connectivity index (χ0v) is 24.7. The van der Waals surface area contributed by atoms with Crippen molar-refractivity contribution in [2.24, 2.45) is 5.92 Å². The zero-order chi connectivity index (χ0) is 30.5. The van der Waals surface area contributed by atoms with E-state index in [1.54, 1.807) is 36.8 Å². The molecule has 0 bridgehead atoms. The van der Waals surface area contributed by atoms with Gasteiger partial charge in [-0.25, -0.2) is 9.78 Å². The van der Waals surface area contributed by atoms with Gasteiger partial charge in [-0.2, -0.15) is 0 Å². The van der Waals surface area contributed by atoms with Crippen LogP contribution >= 0.6 is 0 Å². The number of carbonyl (C=O) groups excluding carboxylic acids is 2. The number of hydrogen-bond donors (Lipinski definition) is 3. The summed E-state index contributed by atoms with van der Waals surface area (Å²) in [6.07, 6.45) is 16.7. The van der Waals surface area contributed by atoms with Crippen molar-refractivity contribution in [1.29, 1.82) is 0 Å². The highest BCUT2D eigenvalue weighted by Crippen LogP contribution is 2.36. The maximum atomic E-state index is 13.7. The fourth-order valence-electron chi connectivity index (χ4n) is 6.70. The first-order valence-corrected chi connectivity index (χ1v) is 15.6. The van der Waals surface area contributed by atoms with Crippen molar-refractivity contribution in [3.8, 4) is 11.4 Å². The van der Waals surface area contributed by atoms with Gasteiger partial charge in [-0.05, 0) is 79.6 Å². The third kappa shape index (κ3) is 6.61. The highest BCUT2D eigenvalue weighted by Gasteiger charge is 2.32. The quantitative estimate of drug-likeness (QED) is 0.176. The smallest absolute Gasteiger partial charge is 0.328 e. The van der Waals surface area contributed by atoms with E-state index in [9.17, 15) is 14.4 Å². The van der Waals surface area contributed by atoms with Crippen LogP contribution in [0, 0.1) is 5.92 Å². The van der Waals surface area contributed by atoms with Crippen LogP contribution in [0.1, 0.15) is 86.2 Å². The maximum absolute atomic E-state index is 13.7. The molecule has 0 saturated heterocycles. The number of carboxylic acid groups (broad SMARTS) is 1. The molecule has 1 atom stereocenters. The van der Waals surface area contributed by atoms with Gasteiger partial charge in [-0.3, -0.25) is 9.59 Å². The minimum atomic E-state index is -1.02. The van der Waals surface area contributed by atoms with Crippen LogP contribution in [-0.2, 0) is 9.59 Å². The molecule has 9 heteroatoms. The van der Waals surface area contributed by atoms with E-state index in [0.717, 1.165) is 73.4 Å². The number of benzene rings is 2. The fourth-order valence-corrected chi connectivity index (χ4v) is 6.70. The van der Waals surface area contributed by atoms with Crippen LogP contribution in [0.3, 0.4) is 0 Å². The Labute approximate surface area is 256 Å². The number of aromatic nitrogens is 2. The van der Waals surface area contributed by atoms with Gasteiger partial charge in [0.15, 0.2) is 0 Å². The normalized spacial score (nSPS) is 17.1. The van der Waals surface area contributed by atoms with Crippen molar-refractivity contribution in [3.05, 3.63) is 78.3 Å². The Kier molecular flexibility index (Phi) is 8.91. The summed E-state index contributed by atoms with van der Waals surface area (Å²) < 4.78 is 7.69. The van der Waals surface area contributed by atoms with Gasteiger partial charge in [-0.15, -0.1) is 0 Å². The molecule has 6 rings (SSSR count). The van der Waals surface area contributed by atoms with Crippen LogP contribution in [0.25, 0.3) is 28.5 Å². The monoisotopic (exact) mass is 594 g/mol. The van der Waals surface area contributed by atoms with Crippen molar-refractivity contribution in [2.45, 2.75) is 76.3 Å². The van der Waals surface area contributed by atoms with E-state index in [1.165, 1.54) is 25.3 Å². The van der Waals surface area contributed by atoms with Gasteiger partial charge in [-0.1, -0.05) is 50.7 Å². The molecule has 4 aromatic rings. The van der Waals surface area contributed by atoms with E-state index < -0.39 is 12.0 Å². The molecule has 2 aromatic carbocycles. The van der Waals surface area contributed by atoms with Crippen molar-refractivity contribution >= 4 is 40.6 Å². The number of aliphatic carboxylic acids is 1. The highest BCUT2D eigenvalue weighted by molar-refractivity contribution is 6.03. The summed E-state index contributed by atoms with van der Waals surface area (Å²) in [5.74, 6) is -0.703. The Balaban J connectivity index is 1.24. The summed E-state index contributed by atoms with van der Waals surface area (Å²) in [5, 5.41) is 14.9. The summed E-state index contributed by atoms with van der Waals surface area (Å²) in [4.78, 5) is 43.1. The molecular weight excluding hydrogens is 556 g/mol. The number of carboxylic acids is 1. The maximum Gasteiger partial charge on any atom is 0.328 e. The molecule has 3 N–H and O–H groups in total. The van der Waals surface area contributed by atoms with Gasteiger partial charge < -0.3 is 24.7 Å². The first-order valence-electron chi connectivity index (χ1n) is 15.6. The van der Waals surface area contributed by atoms with Crippen LogP contribution in [0.5, 0.6) is 0 Å². The first kappa shape index (κ1) is 29.4. The first-order chi connectivity index (χ1) is 21.5. The molecule has 44 heavy (non-hydrogen) atoms. The van der Waals surface area contributed by atoms with Crippen LogP contribution in [0.2, 0.25) is 0 Å². The SMILES string of the molecule is O=C(O)/C=C/c1ccc(NC(=O)C(NC(=O)c2ccc3c(c2)nc(-c2ccoc2)n3C2CCCCC2)C2CCCCC2)cc1. The minimum Gasteiger partial charge on any atom is -0.478 e. The van der Waals surface area contributed by atoms with Gasteiger partial charge >= 0.3 is 5.97 Å². The number of nitrogens with one attached hydrogen (secondary N) is 2. The van der Waals surface area contributed by atoms with E-state index in [1.807, 2.05) is 24.3 Å². The molecule has 2 aliphatic rings. The van der Waals surface area contributed by atoms with Gasteiger partial charge in [0, 0.05) is 23.4 Å². The third-order valence-electron chi connectivity index (χ3n) is 8.96. The molecule has 9 nitrogen and oxygen atoms in total. The second-order valence-electron chi connectivity index (χ2n) is 11.9. The van der Waals surface area contributed by atoms with Crippen LogP contribution in [0.4, 0.5) is 5.69 Å². The zero-order valence-electron chi connectivity index (χ0n) is 24.7. The van der Waals surface area contributed by atoms with Crippen molar-refractivity contribution in [2.75, 3.05) is 5.32 Å². The number of imidazole rings is 1. The molecule has 2 aromatic heterocycles. The van der Waals surface area contributed by atoms with Crippen LogP contribution in [-0.4, -0.2) is 38.5 Å². The number of anilines is 1. The summed E-state index contributed by atoms with van der Waals surface area (Å²) in [6, 6.07) is 14.1. The average Bonchev–Trinajstić information content (AvgIpc) is 3.72. The lowest BCUT2D eigenvalue weighted by molar-refractivity contribution is -0.131. The number of rotatable bonds is 9. The summed E-state index contributed by atoms with van der Waals surface area (Å²) >= 11 is 0. The lowest BCUT2D eigenvalue weighted by Crippen LogP contribution is -2.49. The average molecular weight is 595 g/mol. The van der Waals surface area contributed by atoms with E-state index >= 15 is 0 Å². The van der Waals surface area contributed by atoms with E-state index in [-0.39, 0.29) is 17.7 Å². The Morgan fingerprint density at radius 3 is 2.34 bits per heavy atom. The third-order valence-corrected chi connectivity index (χ3v) is 8.96. The minimum absolute atomic E-state index is 0.0346. The molecule has 0 spiro atoms. The largest absolute Gasteiger partial charge is 0.478 e. The number of hydrogen-bond acceptors (Lipinski definition) is 5. The van der Waals surface area contributed by atoms with Crippen molar-refractivity contribution in [3.63, 3.8) is 0 Å². The Morgan fingerprint density at radius 1 is 0.932 bits per heavy atom. The lowest BCUT2D eigenvalue weighted by atomic mass is 9.83. The molecule has 228 valence electrons. The van der Waals surface area contributed by atoms with Gasteiger partial charge in [0.25, 0.3) is 5.91 Å². The van der Waals surface area contributed by atoms with E-state index in [4.69, 9.17) is 14.5 Å². The number of furan rings is 1. The van der Waals surface area contributed by atoms with Crippen LogP contribution < -0.4 is 10.6 Å². The predicted octanol–water partition coefficient (Wildman–Crippen LogP) is 7.22. The second-order valence-corrected chi connectivity index (χ2v) is 11.9. The van der Waals surface area contributed by atoms with Crippen molar-refractivity contribution < 1.29 is 23.9 Å². The second kappa shape index (κ2) is 13.3. The topological polar surface area (TPSA) is 126 Å². The molecule has 0 aliphatic heterocycles. The van der Waals surface area contributed by atoms with Gasteiger partial charge in [0.2, 0.25) is 5.91 Å². The number of fused-ring (bicyclic) bond motifs is 1. The predicted molar refractivity (Wildman–Crippen MR) is 169 cm³/mol. The molecule has 0 radical (unpaired) electrons. The van der Waals surface area contributed by atoms with E-state index in [2.05, 4.69) is 15.2 Å². The summed E-state index contributed by atoms with van der Waals surface area (Å²) in [7, 11) is 0. The lowest BCUT2D eigenvalue weighted by Gasteiger charge is -2.30. The molecule has 2 aliphatic carbocycles. The number of amides is 2. The van der Waals surface area contributed by atoms with Crippen molar-refractivity contribution in [1.82, 2.24) is 14.9 Å². The molecular formula is C35H38N4O5. The van der Waals surface area contributed by atoms with Crippen LogP contribution in [0.15, 0.2) is 71.6 Å². The Morgan fingerprint density at radius 2 is 1.66 bits per heavy atom. The summed E-state index contributed by atoms with van der Waals surface area (Å²) in [6.45, 7) is 0. The molecule has 2 amide bonds. The standard InChI is InChI=1S/C35H38N4O5/c40-31(41)18-13-23-11-15-27(16-12-23)36-35(43)32(24-7-3-1-4-8-24)38-34(42)25-14-17-30-29(21-25)37-33(26-19-20-44-22-26)39(30)28-9-5-2-6-10-28/h11-22,24,28,32H,1-10H2,(H,36,43)(H,38,42)(H,40,41)/b18-13+. The molecule has 2 saturated carbocycles. The Hall–Kier alpha value is -4.66.